The van der Waals surface area contributed by atoms with Crippen molar-refractivity contribution in [3.05, 3.63) is 12.2 Å². The third kappa shape index (κ3) is 3.95. The Morgan fingerprint density at radius 3 is 2.85 bits per heavy atom. The molecular formula is C19H29N3O5. The van der Waals surface area contributed by atoms with Gasteiger partial charge in [-0.05, 0) is 32.1 Å². The van der Waals surface area contributed by atoms with Crippen molar-refractivity contribution in [1.29, 1.82) is 0 Å². The number of aliphatic hydroxyl groups excluding tert-OH is 1. The second-order valence-electron chi connectivity index (χ2n) is 7.78. The van der Waals surface area contributed by atoms with Gasteiger partial charge in [0.2, 0.25) is 5.91 Å². The molecule has 150 valence electrons. The van der Waals surface area contributed by atoms with Crippen molar-refractivity contribution in [3.63, 3.8) is 0 Å². The summed E-state index contributed by atoms with van der Waals surface area (Å²) in [5.41, 5.74) is -1.06. The van der Waals surface area contributed by atoms with Crippen molar-refractivity contribution in [2.45, 2.75) is 56.2 Å². The Morgan fingerprint density at radius 2 is 2.11 bits per heavy atom. The molecule has 27 heavy (non-hydrogen) atoms. The van der Waals surface area contributed by atoms with Gasteiger partial charge in [0.05, 0.1) is 13.2 Å². The van der Waals surface area contributed by atoms with Gasteiger partial charge >= 0.3 is 12.0 Å². The predicted molar refractivity (Wildman–Crippen MR) is 97.7 cm³/mol. The number of carbonyl (C=O) groups excluding carboxylic acids is 3. The van der Waals surface area contributed by atoms with Crippen LogP contribution in [0.1, 0.15) is 38.5 Å². The molecular weight excluding hydrogens is 350 g/mol. The lowest BCUT2D eigenvalue weighted by Gasteiger charge is -2.39. The summed E-state index contributed by atoms with van der Waals surface area (Å²) in [6.07, 6.45) is 7.15. The summed E-state index contributed by atoms with van der Waals surface area (Å²) in [5.74, 6) is -0.977. The summed E-state index contributed by atoms with van der Waals surface area (Å²) in [7, 11) is 3.04. The topological polar surface area (TPSA) is 99.2 Å². The Labute approximate surface area is 159 Å². The Hall–Kier alpha value is -2.09. The standard InChI is InChI=1S/C19H29N3O5/c1-21-9-6-4-3-5-7-13-12-19(13,17(25)27-2)20-16(24)15-11-14(23)8-10-22(15)18(21)26/h5,7,13-15,23H,3-4,6,8-12H2,1-2H3,(H,20,24)/b7-5-/t13?,14-,15+,19-/m1/s1. The zero-order valence-electron chi connectivity index (χ0n) is 16.0. The first-order valence-corrected chi connectivity index (χ1v) is 9.66. The van der Waals surface area contributed by atoms with E-state index in [2.05, 4.69) is 5.32 Å². The number of nitrogens with zero attached hydrogens (tertiary/aromatic N) is 2. The van der Waals surface area contributed by atoms with Crippen LogP contribution in [0.15, 0.2) is 12.2 Å². The second-order valence-corrected chi connectivity index (χ2v) is 7.78. The zero-order valence-corrected chi connectivity index (χ0v) is 16.0. The number of allylic oxidation sites excluding steroid dienone is 1. The highest BCUT2D eigenvalue weighted by atomic mass is 16.5. The first kappa shape index (κ1) is 19.7. The van der Waals surface area contributed by atoms with Crippen LogP contribution in [0.2, 0.25) is 0 Å². The van der Waals surface area contributed by atoms with E-state index in [9.17, 15) is 19.5 Å². The van der Waals surface area contributed by atoms with Gasteiger partial charge in [0, 0.05) is 32.5 Å². The molecule has 1 aliphatic carbocycles. The molecule has 2 N–H and O–H groups in total. The molecule has 0 radical (unpaired) electrons. The van der Waals surface area contributed by atoms with Crippen LogP contribution in [0.25, 0.3) is 0 Å². The van der Waals surface area contributed by atoms with Crippen molar-refractivity contribution in [3.8, 4) is 0 Å². The zero-order chi connectivity index (χ0) is 19.6. The maximum absolute atomic E-state index is 13.0. The van der Waals surface area contributed by atoms with Gasteiger partial charge in [0.25, 0.3) is 0 Å². The van der Waals surface area contributed by atoms with Crippen molar-refractivity contribution >= 4 is 17.9 Å². The molecule has 1 unspecified atom stereocenters. The highest BCUT2D eigenvalue weighted by Crippen LogP contribution is 2.46. The normalized spacial score (nSPS) is 36.0. The number of ether oxygens (including phenoxy) is 1. The van der Waals surface area contributed by atoms with Crippen LogP contribution in [0.3, 0.4) is 0 Å². The molecule has 0 aromatic heterocycles. The largest absolute Gasteiger partial charge is 0.467 e. The van der Waals surface area contributed by atoms with E-state index in [0.717, 1.165) is 19.3 Å². The van der Waals surface area contributed by atoms with E-state index in [4.69, 9.17) is 4.74 Å². The van der Waals surface area contributed by atoms with Crippen molar-refractivity contribution in [2.75, 3.05) is 27.2 Å². The third-order valence-corrected chi connectivity index (χ3v) is 5.84. The molecule has 1 saturated heterocycles. The molecule has 0 aromatic rings. The van der Waals surface area contributed by atoms with Crippen LogP contribution in [0.5, 0.6) is 0 Å². The summed E-state index contributed by atoms with van der Waals surface area (Å²) in [5, 5.41) is 12.9. The summed E-state index contributed by atoms with van der Waals surface area (Å²) < 4.78 is 4.92. The minimum absolute atomic E-state index is 0.0998. The van der Waals surface area contributed by atoms with E-state index in [1.165, 1.54) is 12.0 Å². The Balaban J connectivity index is 1.87. The lowest BCUT2D eigenvalue weighted by atomic mass is 9.98. The first-order chi connectivity index (χ1) is 12.9. The van der Waals surface area contributed by atoms with Crippen LogP contribution in [-0.4, -0.2) is 77.7 Å². The fourth-order valence-electron chi connectivity index (χ4n) is 4.05. The van der Waals surface area contributed by atoms with E-state index in [0.29, 0.717) is 25.9 Å². The molecule has 8 heteroatoms. The van der Waals surface area contributed by atoms with E-state index >= 15 is 0 Å². The molecule has 3 amide bonds. The average molecular weight is 379 g/mol. The number of piperidine rings is 1. The molecule has 0 aromatic carbocycles. The fourth-order valence-corrected chi connectivity index (χ4v) is 4.05. The van der Waals surface area contributed by atoms with Crippen LogP contribution in [-0.2, 0) is 14.3 Å². The summed E-state index contributed by atoms with van der Waals surface area (Å²) in [6.45, 7) is 0.937. The number of rotatable bonds is 1. The molecule has 1 saturated carbocycles. The number of carbonyl (C=O) groups is 3. The van der Waals surface area contributed by atoms with E-state index in [1.54, 1.807) is 11.9 Å². The lowest BCUT2D eigenvalue weighted by Crippen LogP contribution is -2.60. The van der Waals surface area contributed by atoms with E-state index in [1.807, 2.05) is 12.2 Å². The number of nitrogens with one attached hydrogen (secondary N) is 1. The fraction of sp³-hybridized carbons (Fsp3) is 0.737. The van der Waals surface area contributed by atoms with Gasteiger partial charge in [-0.15, -0.1) is 0 Å². The Morgan fingerprint density at radius 1 is 1.33 bits per heavy atom. The van der Waals surface area contributed by atoms with Gasteiger partial charge in [-0.1, -0.05) is 12.2 Å². The third-order valence-electron chi connectivity index (χ3n) is 5.84. The minimum Gasteiger partial charge on any atom is -0.467 e. The second kappa shape index (κ2) is 7.88. The highest BCUT2D eigenvalue weighted by molar-refractivity contribution is 5.95. The molecule has 0 spiro atoms. The quantitative estimate of drug-likeness (QED) is 0.515. The molecule has 8 nitrogen and oxygen atoms in total. The number of hydrogen-bond donors (Lipinski definition) is 2. The molecule has 2 fully saturated rings. The van der Waals surface area contributed by atoms with Gasteiger partial charge in [-0.2, -0.15) is 0 Å². The number of hydrogen-bond acceptors (Lipinski definition) is 5. The van der Waals surface area contributed by atoms with Gasteiger partial charge < -0.3 is 25.0 Å². The monoisotopic (exact) mass is 379 g/mol. The number of esters is 1. The lowest BCUT2D eigenvalue weighted by molar-refractivity contribution is -0.147. The number of methoxy groups -OCH3 is 1. The molecule has 3 rings (SSSR count). The van der Waals surface area contributed by atoms with Gasteiger partial charge in [0.15, 0.2) is 0 Å². The van der Waals surface area contributed by atoms with Gasteiger partial charge in [-0.25, -0.2) is 9.59 Å². The highest BCUT2D eigenvalue weighted by Gasteiger charge is 2.61. The SMILES string of the molecule is COC(=O)[C@@]12CC1/C=C\CCCCN(C)C(=O)N1CC[C@@H](O)C[C@H]1C(=O)N2. The van der Waals surface area contributed by atoms with Gasteiger partial charge in [0.1, 0.15) is 11.6 Å². The van der Waals surface area contributed by atoms with Crippen molar-refractivity contribution < 1.29 is 24.2 Å². The van der Waals surface area contributed by atoms with Crippen molar-refractivity contribution in [1.82, 2.24) is 15.1 Å². The molecule has 2 aliphatic heterocycles. The summed E-state index contributed by atoms with van der Waals surface area (Å²) in [4.78, 5) is 41.4. The maximum atomic E-state index is 13.0. The average Bonchev–Trinajstić information content (AvgIpc) is 3.35. The predicted octanol–water partition coefficient (Wildman–Crippen LogP) is 0.652. The summed E-state index contributed by atoms with van der Waals surface area (Å²) in [6, 6.07) is -1.01. The van der Waals surface area contributed by atoms with E-state index < -0.39 is 29.6 Å². The first-order valence-electron chi connectivity index (χ1n) is 9.66. The molecule has 0 bridgehead atoms. The smallest absolute Gasteiger partial charge is 0.332 e. The molecule has 3 aliphatic rings. The number of amides is 3. The number of aliphatic hydroxyl groups is 1. The molecule has 2 heterocycles. The summed E-state index contributed by atoms with van der Waals surface area (Å²) >= 11 is 0. The Bertz CT molecular complexity index is 637. The van der Waals surface area contributed by atoms with Gasteiger partial charge in [-0.3, -0.25) is 4.79 Å². The maximum Gasteiger partial charge on any atom is 0.332 e. The van der Waals surface area contributed by atoms with E-state index in [-0.39, 0.29) is 18.4 Å². The molecule has 4 atom stereocenters. The van der Waals surface area contributed by atoms with Crippen LogP contribution in [0.4, 0.5) is 4.79 Å². The number of urea groups is 1. The Kier molecular flexibility index (Phi) is 5.74. The minimum atomic E-state index is -1.06. The van der Waals surface area contributed by atoms with Crippen LogP contribution >= 0.6 is 0 Å². The number of fused-ring (bicyclic) bond motifs is 2. The van der Waals surface area contributed by atoms with Crippen LogP contribution < -0.4 is 5.32 Å². The van der Waals surface area contributed by atoms with Crippen LogP contribution in [0, 0.1) is 5.92 Å². The van der Waals surface area contributed by atoms with Crippen molar-refractivity contribution in [2.24, 2.45) is 5.92 Å².